The Hall–Kier alpha value is -8.15. The number of aromatic nitrogens is 5. The summed E-state index contributed by atoms with van der Waals surface area (Å²) in [5, 5.41) is 0. The van der Waals surface area contributed by atoms with Crippen LogP contribution in [0.3, 0.4) is 0 Å². The normalized spacial score (nSPS) is 11.0. The Morgan fingerprint density at radius 1 is 0.167 bits per heavy atom. The third kappa shape index (κ3) is 7.76. The molecule has 0 fully saturated rings. The Labute approximate surface area is 349 Å². The summed E-state index contributed by atoms with van der Waals surface area (Å²) < 4.78 is 0. The van der Waals surface area contributed by atoms with Gasteiger partial charge in [-0.3, -0.25) is 0 Å². The van der Waals surface area contributed by atoms with E-state index in [-0.39, 0.29) is 0 Å². The molecule has 8 aromatic carbocycles. The maximum atomic E-state index is 5.13. The van der Waals surface area contributed by atoms with Gasteiger partial charge in [0.15, 0.2) is 23.3 Å². The van der Waals surface area contributed by atoms with Crippen molar-refractivity contribution in [1.29, 1.82) is 0 Å². The van der Waals surface area contributed by atoms with E-state index in [1.54, 1.807) is 0 Å². The van der Waals surface area contributed by atoms with E-state index in [0.29, 0.717) is 23.3 Å². The van der Waals surface area contributed by atoms with E-state index in [2.05, 4.69) is 164 Å². The van der Waals surface area contributed by atoms with Gasteiger partial charge in [-0.25, -0.2) is 24.9 Å². The van der Waals surface area contributed by atoms with Crippen LogP contribution in [0.4, 0.5) is 0 Å². The van der Waals surface area contributed by atoms with Crippen LogP contribution in [0.1, 0.15) is 0 Å². The van der Waals surface area contributed by atoms with E-state index in [4.69, 9.17) is 24.9 Å². The van der Waals surface area contributed by atoms with E-state index in [1.165, 1.54) is 5.56 Å². The van der Waals surface area contributed by atoms with Gasteiger partial charge in [0.05, 0.1) is 11.4 Å². The van der Waals surface area contributed by atoms with E-state index in [9.17, 15) is 0 Å². The van der Waals surface area contributed by atoms with Gasteiger partial charge in [-0.2, -0.15) is 0 Å². The maximum absolute atomic E-state index is 5.13. The minimum atomic E-state index is 0.605. The quantitative estimate of drug-likeness (QED) is 0.146. The molecule has 0 spiro atoms. The van der Waals surface area contributed by atoms with Crippen LogP contribution in [-0.2, 0) is 0 Å². The molecule has 282 valence electrons. The van der Waals surface area contributed by atoms with Gasteiger partial charge >= 0.3 is 0 Å². The number of benzene rings is 8. The number of hydrogen-bond donors (Lipinski definition) is 0. The number of nitrogens with zero attached hydrogens (tertiary/aromatic N) is 5. The van der Waals surface area contributed by atoms with Gasteiger partial charge in [-0.15, -0.1) is 0 Å². The molecule has 2 aromatic heterocycles. The molecule has 0 amide bonds. The molecule has 0 aliphatic carbocycles. The largest absolute Gasteiger partial charge is 0.228 e. The van der Waals surface area contributed by atoms with Gasteiger partial charge in [0.25, 0.3) is 0 Å². The van der Waals surface area contributed by atoms with Crippen LogP contribution >= 0.6 is 0 Å². The molecule has 10 aromatic rings. The molecule has 5 nitrogen and oxygen atoms in total. The second kappa shape index (κ2) is 16.4. The first-order chi connectivity index (χ1) is 29.7. The first kappa shape index (κ1) is 36.2. The Kier molecular flexibility index (Phi) is 9.88. The van der Waals surface area contributed by atoms with Crippen molar-refractivity contribution in [1.82, 2.24) is 24.9 Å². The van der Waals surface area contributed by atoms with Crippen LogP contribution in [0.25, 0.3) is 101 Å². The maximum Gasteiger partial charge on any atom is 0.164 e. The van der Waals surface area contributed by atoms with Crippen LogP contribution in [-0.4, -0.2) is 24.9 Å². The average molecular weight is 768 g/mol. The monoisotopic (exact) mass is 767 g/mol. The lowest BCUT2D eigenvalue weighted by Gasteiger charge is -2.12. The lowest BCUT2D eigenvalue weighted by Crippen LogP contribution is -2.00. The Morgan fingerprint density at radius 3 is 0.933 bits per heavy atom. The first-order valence-electron chi connectivity index (χ1n) is 20.0. The van der Waals surface area contributed by atoms with Crippen molar-refractivity contribution in [2.75, 3.05) is 0 Å². The number of rotatable bonds is 9. The molecule has 0 aliphatic heterocycles. The van der Waals surface area contributed by atoms with Gasteiger partial charge in [0.1, 0.15) is 0 Å². The van der Waals surface area contributed by atoms with Crippen molar-refractivity contribution in [3.8, 4) is 101 Å². The molecule has 0 saturated heterocycles. The molecule has 2 heterocycles. The van der Waals surface area contributed by atoms with Crippen molar-refractivity contribution >= 4 is 0 Å². The molecule has 0 N–H and O–H groups in total. The van der Waals surface area contributed by atoms with Crippen molar-refractivity contribution in [3.63, 3.8) is 0 Å². The molecule has 0 bridgehead atoms. The SMILES string of the molecule is c1ccc(-c2ccc(-c3cc(-c4cccc(-c5cccc(-c6nc(-c7ccccc7)nc(-c7cccc(-c8ccccc8)c7)n6)c5)c4)nc(-c4ccccc4)n3)cc2)cc1. The summed E-state index contributed by atoms with van der Waals surface area (Å²) in [5.74, 6) is 2.52. The smallest absolute Gasteiger partial charge is 0.164 e. The zero-order chi connectivity index (χ0) is 40.1. The first-order valence-corrected chi connectivity index (χ1v) is 20.0. The Bertz CT molecular complexity index is 3060. The van der Waals surface area contributed by atoms with Gasteiger partial charge < -0.3 is 0 Å². The average Bonchev–Trinajstić information content (AvgIpc) is 3.35. The second-order valence-electron chi connectivity index (χ2n) is 14.6. The van der Waals surface area contributed by atoms with Crippen molar-refractivity contribution < 1.29 is 0 Å². The summed E-state index contributed by atoms with van der Waals surface area (Å²) in [4.78, 5) is 25.3. The molecule has 5 heteroatoms. The second-order valence-corrected chi connectivity index (χ2v) is 14.6. The van der Waals surface area contributed by atoms with Crippen LogP contribution in [0, 0.1) is 0 Å². The fourth-order valence-corrected chi connectivity index (χ4v) is 7.44. The Balaban J connectivity index is 1.03. The zero-order valence-electron chi connectivity index (χ0n) is 32.6. The third-order valence-corrected chi connectivity index (χ3v) is 10.6. The van der Waals surface area contributed by atoms with Crippen molar-refractivity contribution in [3.05, 3.63) is 224 Å². The highest BCUT2D eigenvalue weighted by Gasteiger charge is 2.15. The fraction of sp³-hybridized carbons (Fsp3) is 0. The van der Waals surface area contributed by atoms with Gasteiger partial charge in [-0.05, 0) is 57.6 Å². The van der Waals surface area contributed by atoms with Crippen LogP contribution in [0.5, 0.6) is 0 Å². The predicted molar refractivity (Wildman–Crippen MR) is 244 cm³/mol. The van der Waals surface area contributed by atoms with Gasteiger partial charge in [0, 0.05) is 33.4 Å². The van der Waals surface area contributed by atoms with E-state index in [1.807, 2.05) is 60.7 Å². The molecule has 0 aliphatic rings. The summed E-state index contributed by atoms with van der Waals surface area (Å²) in [6, 6.07) is 77.0. The third-order valence-electron chi connectivity index (χ3n) is 10.6. The fourth-order valence-electron chi connectivity index (χ4n) is 7.44. The standard InChI is InChI=1S/C55H37N5/c1-5-16-38(17-6-1)40-30-32-41(33-31-40)50-37-51(57-52(56-50)42-20-9-3-10-21-42)47-27-13-25-45(34-47)46-26-15-29-49(36-46)55-59-53(43-22-11-4-12-23-43)58-54(60-55)48-28-14-24-44(35-48)39-18-7-2-8-19-39/h1-37H. The van der Waals surface area contributed by atoms with Gasteiger partial charge in [0.2, 0.25) is 0 Å². The molecular weight excluding hydrogens is 731 g/mol. The van der Waals surface area contributed by atoms with Crippen LogP contribution in [0.2, 0.25) is 0 Å². The molecular formula is C55H37N5. The summed E-state index contributed by atoms with van der Waals surface area (Å²) in [6.45, 7) is 0. The Morgan fingerprint density at radius 2 is 0.450 bits per heavy atom. The lowest BCUT2D eigenvalue weighted by atomic mass is 9.98. The zero-order valence-corrected chi connectivity index (χ0v) is 32.6. The van der Waals surface area contributed by atoms with Crippen LogP contribution < -0.4 is 0 Å². The molecule has 0 radical (unpaired) electrons. The van der Waals surface area contributed by atoms with E-state index >= 15 is 0 Å². The van der Waals surface area contributed by atoms with Crippen LogP contribution in [0.15, 0.2) is 224 Å². The summed E-state index contributed by atoms with van der Waals surface area (Å²) in [5.41, 5.74) is 14.1. The summed E-state index contributed by atoms with van der Waals surface area (Å²) >= 11 is 0. The predicted octanol–water partition coefficient (Wildman–Crippen LogP) is 13.7. The minimum absolute atomic E-state index is 0.605. The highest BCUT2D eigenvalue weighted by molar-refractivity contribution is 5.79. The highest BCUT2D eigenvalue weighted by atomic mass is 15.0. The van der Waals surface area contributed by atoms with Gasteiger partial charge in [-0.1, -0.05) is 200 Å². The topological polar surface area (TPSA) is 64.5 Å². The summed E-state index contributed by atoms with van der Waals surface area (Å²) in [7, 11) is 0. The highest BCUT2D eigenvalue weighted by Crippen LogP contribution is 2.34. The molecule has 0 unspecified atom stereocenters. The molecule has 60 heavy (non-hydrogen) atoms. The van der Waals surface area contributed by atoms with E-state index < -0.39 is 0 Å². The molecule has 0 atom stereocenters. The molecule has 10 rings (SSSR count). The number of hydrogen-bond acceptors (Lipinski definition) is 5. The summed E-state index contributed by atoms with van der Waals surface area (Å²) in [6.07, 6.45) is 0. The molecule has 0 saturated carbocycles. The van der Waals surface area contributed by atoms with E-state index in [0.717, 1.165) is 72.6 Å². The van der Waals surface area contributed by atoms with Crippen molar-refractivity contribution in [2.45, 2.75) is 0 Å². The lowest BCUT2D eigenvalue weighted by molar-refractivity contribution is 1.07. The van der Waals surface area contributed by atoms with Crippen molar-refractivity contribution in [2.24, 2.45) is 0 Å². The minimum Gasteiger partial charge on any atom is -0.228 e.